The number of aryl methyl sites for hydroxylation is 1. The predicted molar refractivity (Wildman–Crippen MR) is 90.2 cm³/mol. The second kappa shape index (κ2) is 7.11. The monoisotopic (exact) mass is 320 g/mol. The standard InChI is InChI=1S/C18H18Cl2O/c1-3-12-7-10-16(13-5-8-14(19)9-6-13)15(4-2)17(12)11-18(20)21/h5-10H,3-4,11H2,1-2H3. The second-order valence-corrected chi connectivity index (χ2v) is 5.83. The summed E-state index contributed by atoms with van der Waals surface area (Å²) in [7, 11) is 0. The summed E-state index contributed by atoms with van der Waals surface area (Å²) in [5, 5.41) is 0.408. The fourth-order valence-corrected chi connectivity index (χ4v) is 3.00. The van der Waals surface area contributed by atoms with Gasteiger partial charge in [-0.3, -0.25) is 4.79 Å². The molecule has 21 heavy (non-hydrogen) atoms. The molecule has 2 aromatic carbocycles. The highest BCUT2D eigenvalue weighted by Gasteiger charge is 2.14. The summed E-state index contributed by atoms with van der Waals surface area (Å²) in [6, 6.07) is 12.0. The van der Waals surface area contributed by atoms with Gasteiger partial charge in [0, 0.05) is 11.4 Å². The molecule has 3 heteroatoms. The number of benzene rings is 2. The van der Waals surface area contributed by atoms with Gasteiger partial charge in [-0.2, -0.15) is 0 Å². The Hall–Kier alpha value is -1.31. The second-order valence-electron chi connectivity index (χ2n) is 4.98. The van der Waals surface area contributed by atoms with Crippen LogP contribution in [0.2, 0.25) is 5.02 Å². The van der Waals surface area contributed by atoms with Gasteiger partial charge in [0.2, 0.25) is 5.24 Å². The zero-order chi connectivity index (χ0) is 15.4. The first-order chi connectivity index (χ1) is 10.1. The van der Waals surface area contributed by atoms with Crippen LogP contribution in [0, 0.1) is 0 Å². The van der Waals surface area contributed by atoms with E-state index in [1.165, 1.54) is 11.1 Å². The smallest absolute Gasteiger partial charge is 0.226 e. The van der Waals surface area contributed by atoms with E-state index in [4.69, 9.17) is 23.2 Å². The van der Waals surface area contributed by atoms with Crippen LogP contribution in [0.15, 0.2) is 36.4 Å². The lowest BCUT2D eigenvalue weighted by molar-refractivity contribution is -0.111. The van der Waals surface area contributed by atoms with Crippen molar-refractivity contribution in [2.45, 2.75) is 33.1 Å². The van der Waals surface area contributed by atoms with Crippen LogP contribution in [-0.2, 0) is 24.1 Å². The van der Waals surface area contributed by atoms with Crippen molar-refractivity contribution in [2.24, 2.45) is 0 Å². The van der Waals surface area contributed by atoms with Gasteiger partial charge in [0.05, 0.1) is 0 Å². The van der Waals surface area contributed by atoms with E-state index in [9.17, 15) is 4.79 Å². The molecule has 1 nitrogen and oxygen atoms in total. The van der Waals surface area contributed by atoms with Gasteiger partial charge in [0.15, 0.2) is 0 Å². The van der Waals surface area contributed by atoms with Gasteiger partial charge < -0.3 is 0 Å². The normalized spacial score (nSPS) is 10.7. The van der Waals surface area contributed by atoms with E-state index in [1.807, 2.05) is 24.3 Å². The van der Waals surface area contributed by atoms with Crippen LogP contribution >= 0.6 is 23.2 Å². The zero-order valence-electron chi connectivity index (χ0n) is 12.2. The number of hydrogen-bond donors (Lipinski definition) is 0. The molecule has 2 aromatic rings. The first kappa shape index (κ1) is 16.1. The highest BCUT2D eigenvalue weighted by molar-refractivity contribution is 6.63. The lowest BCUT2D eigenvalue weighted by Crippen LogP contribution is -2.05. The van der Waals surface area contributed by atoms with E-state index >= 15 is 0 Å². The Morgan fingerprint density at radius 1 is 0.952 bits per heavy atom. The zero-order valence-corrected chi connectivity index (χ0v) is 13.8. The molecule has 0 aliphatic rings. The molecule has 0 radical (unpaired) electrons. The van der Waals surface area contributed by atoms with E-state index < -0.39 is 0 Å². The topological polar surface area (TPSA) is 17.1 Å². The first-order valence-electron chi connectivity index (χ1n) is 7.14. The molecule has 0 heterocycles. The highest BCUT2D eigenvalue weighted by atomic mass is 35.5. The Balaban J connectivity index is 2.61. The van der Waals surface area contributed by atoms with Crippen molar-refractivity contribution in [1.82, 2.24) is 0 Å². The average molecular weight is 321 g/mol. The molecule has 0 fully saturated rings. The SMILES string of the molecule is CCc1ccc(-c2ccc(Cl)cc2)c(CC)c1CC(=O)Cl. The van der Waals surface area contributed by atoms with Crippen LogP contribution in [0.25, 0.3) is 11.1 Å². The Morgan fingerprint density at radius 3 is 2.14 bits per heavy atom. The minimum atomic E-state index is -0.312. The molecule has 110 valence electrons. The van der Waals surface area contributed by atoms with Crippen molar-refractivity contribution in [3.63, 3.8) is 0 Å². The lowest BCUT2D eigenvalue weighted by atomic mass is 9.88. The number of carbonyl (C=O) groups is 1. The summed E-state index contributed by atoms with van der Waals surface area (Å²) in [5.41, 5.74) is 5.73. The van der Waals surface area contributed by atoms with Crippen LogP contribution in [0.1, 0.15) is 30.5 Å². The molecule has 0 bridgehead atoms. The van der Waals surface area contributed by atoms with Crippen LogP contribution in [0.5, 0.6) is 0 Å². The molecule has 0 aromatic heterocycles. The average Bonchev–Trinajstić information content (AvgIpc) is 2.47. The van der Waals surface area contributed by atoms with E-state index in [2.05, 4.69) is 26.0 Å². The first-order valence-corrected chi connectivity index (χ1v) is 7.90. The number of rotatable bonds is 5. The summed E-state index contributed by atoms with van der Waals surface area (Å²) in [6.45, 7) is 4.20. The molecule has 0 spiro atoms. The summed E-state index contributed by atoms with van der Waals surface area (Å²) < 4.78 is 0. The van der Waals surface area contributed by atoms with E-state index in [0.717, 1.165) is 34.6 Å². The fraction of sp³-hybridized carbons (Fsp3) is 0.278. The van der Waals surface area contributed by atoms with Crippen molar-refractivity contribution < 1.29 is 4.79 Å². The fourth-order valence-electron chi connectivity index (χ4n) is 2.74. The number of carbonyl (C=O) groups excluding carboxylic acids is 1. The molecule has 0 saturated heterocycles. The summed E-state index contributed by atoms with van der Waals surface area (Å²) in [4.78, 5) is 11.4. The largest absolute Gasteiger partial charge is 0.281 e. The summed E-state index contributed by atoms with van der Waals surface area (Å²) >= 11 is 11.6. The third-order valence-corrected chi connectivity index (χ3v) is 4.12. The highest BCUT2D eigenvalue weighted by Crippen LogP contribution is 2.31. The van der Waals surface area contributed by atoms with Crippen molar-refractivity contribution in [3.8, 4) is 11.1 Å². The number of hydrogen-bond acceptors (Lipinski definition) is 1. The van der Waals surface area contributed by atoms with Gasteiger partial charge in [-0.15, -0.1) is 0 Å². The van der Waals surface area contributed by atoms with Gasteiger partial charge in [-0.05, 0) is 64.4 Å². The minimum Gasteiger partial charge on any atom is -0.281 e. The van der Waals surface area contributed by atoms with E-state index in [-0.39, 0.29) is 11.7 Å². The Labute approximate surface area is 135 Å². The molecule has 0 aliphatic carbocycles. The van der Waals surface area contributed by atoms with Crippen LogP contribution < -0.4 is 0 Å². The number of halogens is 2. The Kier molecular flexibility index (Phi) is 5.44. The van der Waals surface area contributed by atoms with E-state index in [1.54, 1.807) is 0 Å². The van der Waals surface area contributed by atoms with Gasteiger partial charge in [0.25, 0.3) is 0 Å². The third kappa shape index (κ3) is 3.66. The Morgan fingerprint density at radius 2 is 1.62 bits per heavy atom. The maximum Gasteiger partial charge on any atom is 0.226 e. The van der Waals surface area contributed by atoms with Crippen molar-refractivity contribution in [1.29, 1.82) is 0 Å². The summed E-state index contributed by atoms with van der Waals surface area (Å²) in [5.74, 6) is 0. The maximum atomic E-state index is 11.4. The van der Waals surface area contributed by atoms with Gasteiger partial charge in [-0.25, -0.2) is 0 Å². The molecule has 0 atom stereocenters. The van der Waals surface area contributed by atoms with E-state index in [0.29, 0.717) is 0 Å². The molecular formula is C18H18Cl2O. The maximum absolute atomic E-state index is 11.4. The lowest BCUT2D eigenvalue weighted by Gasteiger charge is -2.17. The molecule has 0 unspecified atom stereocenters. The molecule has 0 N–H and O–H groups in total. The third-order valence-electron chi connectivity index (χ3n) is 3.73. The van der Waals surface area contributed by atoms with Crippen LogP contribution in [-0.4, -0.2) is 5.24 Å². The van der Waals surface area contributed by atoms with Gasteiger partial charge in [0.1, 0.15) is 0 Å². The molecular weight excluding hydrogens is 303 g/mol. The molecule has 0 saturated carbocycles. The van der Waals surface area contributed by atoms with Crippen molar-refractivity contribution >= 4 is 28.4 Å². The molecule has 0 aliphatic heterocycles. The predicted octanol–water partition coefficient (Wildman–Crippen LogP) is 5.44. The minimum absolute atomic E-state index is 0.287. The quantitative estimate of drug-likeness (QED) is 0.670. The molecule has 2 rings (SSSR count). The van der Waals surface area contributed by atoms with Gasteiger partial charge >= 0.3 is 0 Å². The van der Waals surface area contributed by atoms with Crippen LogP contribution in [0.3, 0.4) is 0 Å². The Bertz CT molecular complexity index is 645. The van der Waals surface area contributed by atoms with Crippen LogP contribution in [0.4, 0.5) is 0 Å². The van der Waals surface area contributed by atoms with Gasteiger partial charge in [-0.1, -0.05) is 49.7 Å². The van der Waals surface area contributed by atoms with Crippen molar-refractivity contribution in [3.05, 3.63) is 58.1 Å². The summed E-state index contributed by atoms with van der Waals surface area (Å²) in [6.07, 6.45) is 2.05. The van der Waals surface area contributed by atoms with Crippen molar-refractivity contribution in [2.75, 3.05) is 0 Å². The molecule has 0 amide bonds.